The van der Waals surface area contributed by atoms with Crippen LogP contribution < -0.4 is 0 Å². The van der Waals surface area contributed by atoms with Gasteiger partial charge in [0.2, 0.25) is 0 Å². The molecular formula is C9H14O4. The average molecular weight is 186 g/mol. The van der Waals surface area contributed by atoms with Crippen LogP contribution in [0.1, 0.15) is 13.3 Å². The van der Waals surface area contributed by atoms with E-state index in [1.807, 2.05) is 0 Å². The molecule has 4 heteroatoms. The van der Waals surface area contributed by atoms with E-state index in [1.54, 1.807) is 0 Å². The molecule has 0 fully saturated rings. The van der Waals surface area contributed by atoms with E-state index in [4.69, 9.17) is 0 Å². The van der Waals surface area contributed by atoms with Crippen molar-refractivity contribution < 1.29 is 19.1 Å². The molecule has 0 heterocycles. The molecule has 0 radical (unpaired) electrons. The molecule has 13 heavy (non-hydrogen) atoms. The fourth-order valence-corrected chi connectivity index (χ4v) is 0.989. The van der Waals surface area contributed by atoms with Gasteiger partial charge in [0.05, 0.1) is 14.2 Å². The van der Waals surface area contributed by atoms with Crippen LogP contribution in [0, 0.1) is 5.41 Å². The molecule has 0 aromatic heterocycles. The van der Waals surface area contributed by atoms with Crippen LogP contribution in [-0.2, 0) is 19.1 Å². The summed E-state index contributed by atoms with van der Waals surface area (Å²) in [4.78, 5) is 22.5. The molecule has 0 spiro atoms. The van der Waals surface area contributed by atoms with Crippen molar-refractivity contribution in [2.45, 2.75) is 13.3 Å². The maximum absolute atomic E-state index is 11.3. The summed E-state index contributed by atoms with van der Waals surface area (Å²) in [6.45, 7) is 4.93. The Balaban J connectivity index is 4.81. The van der Waals surface area contributed by atoms with Crippen molar-refractivity contribution in [2.24, 2.45) is 5.41 Å². The Morgan fingerprint density at radius 2 is 1.69 bits per heavy atom. The molecule has 0 aliphatic rings. The van der Waals surface area contributed by atoms with Gasteiger partial charge in [-0.2, -0.15) is 0 Å². The van der Waals surface area contributed by atoms with Gasteiger partial charge in [0.1, 0.15) is 0 Å². The summed E-state index contributed by atoms with van der Waals surface area (Å²) in [5.41, 5.74) is -1.27. The van der Waals surface area contributed by atoms with Crippen molar-refractivity contribution in [3.05, 3.63) is 12.7 Å². The van der Waals surface area contributed by atoms with Gasteiger partial charge in [-0.1, -0.05) is 6.08 Å². The number of hydrogen-bond donors (Lipinski definition) is 0. The predicted molar refractivity (Wildman–Crippen MR) is 47.0 cm³/mol. The first kappa shape index (κ1) is 11.7. The average Bonchev–Trinajstić information content (AvgIpc) is 2.15. The van der Waals surface area contributed by atoms with Gasteiger partial charge < -0.3 is 9.47 Å². The topological polar surface area (TPSA) is 52.6 Å². The van der Waals surface area contributed by atoms with Crippen LogP contribution in [0.25, 0.3) is 0 Å². The first-order valence-corrected chi connectivity index (χ1v) is 3.80. The Kier molecular flexibility index (Phi) is 4.17. The fourth-order valence-electron chi connectivity index (χ4n) is 0.989. The third kappa shape index (κ3) is 2.31. The lowest BCUT2D eigenvalue weighted by atomic mass is 9.87. The Morgan fingerprint density at radius 1 is 1.31 bits per heavy atom. The molecule has 0 bridgehead atoms. The van der Waals surface area contributed by atoms with E-state index < -0.39 is 17.4 Å². The molecule has 0 rings (SSSR count). The maximum atomic E-state index is 11.3. The predicted octanol–water partition coefficient (Wildman–Crippen LogP) is 0.915. The monoisotopic (exact) mass is 186 g/mol. The standard InChI is InChI=1S/C9H14O4/c1-5-6-9(2,7(10)12-3)8(11)13-4/h5H,1,6H2,2-4H3. The Labute approximate surface area is 77.5 Å². The van der Waals surface area contributed by atoms with Crippen LogP contribution in [0.2, 0.25) is 0 Å². The molecular weight excluding hydrogens is 172 g/mol. The summed E-state index contributed by atoms with van der Waals surface area (Å²) in [6.07, 6.45) is 1.68. The van der Waals surface area contributed by atoms with Crippen molar-refractivity contribution in [3.63, 3.8) is 0 Å². The Hall–Kier alpha value is -1.32. The van der Waals surface area contributed by atoms with Crippen molar-refractivity contribution in [1.29, 1.82) is 0 Å². The van der Waals surface area contributed by atoms with E-state index in [9.17, 15) is 9.59 Å². The quantitative estimate of drug-likeness (QED) is 0.372. The van der Waals surface area contributed by atoms with Crippen molar-refractivity contribution >= 4 is 11.9 Å². The van der Waals surface area contributed by atoms with Crippen LogP contribution in [0.3, 0.4) is 0 Å². The number of ether oxygens (including phenoxy) is 2. The molecule has 0 N–H and O–H groups in total. The number of hydrogen-bond acceptors (Lipinski definition) is 4. The lowest BCUT2D eigenvalue weighted by Gasteiger charge is -2.21. The summed E-state index contributed by atoms with van der Waals surface area (Å²) >= 11 is 0. The third-order valence-corrected chi connectivity index (χ3v) is 1.82. The zero-order valence-corrected chi connectivity index (χ0v) is 8.12. The second kappa shape index (κ2) is 4.64. The number of esters is 2. The number of carbonyl (C=O) groups excluding carboxylic acids is 2. The third-order valence-electron chi connectivity index (χ3n) is 1.82. The molecule has 0 aromatic rings. The van der Waals surface area contributed by atoms with Gasteiger partial charge in [0, 0.05) is 0 Å². The number of carbonyl (C=O) groups is 2. The highest BCUT2D eigenvalue weighted by atomic mass is 16.5. The molecule has 4 nitrogen and oxygen atoms in total. The van der Waals surface area contributed by atoms with Crippen molar-refractivity contribution in [2.75, 3.05) is 14.2 Å². The van der Waals surface area contributed by atoms with Crippen LogP contribution in [0.4, 0.5) is 0 Å². The molecule has 0 atom stereocenters. The van der Waals surface area contributed by atoms with Gasteiger partial charge in [0.15, 0.2) is 5.41 Å². The highest BCUT2D eigenvalue weighted by Crippen LogP contribution is 2.25. The first-order chi connectivity index (χ1) is 6.02. The highest BCUT2D eigenvalue weighted by molar-refractivity contribution is 5.99. The number of allylic oxidation sites excluding steroid dienone is 1. The van der Waals surface area contributed by atoms with E-state index in [0.29, 0.717) is 0 Å². The van der Waals surface area contributed by atoms with Gasteiger partial charge in [0.25, 0.3) is 0 Å². The van der Waals surface area contributed by atoms with Crippen LogP contribution >= 0.6 is 0 Å². The van der Waals surface area contributed by atoms with E-state index >= 15 is 0 Å². The molecule has 0 saturated carbocycles. The lowest BCUT2D eigenvalue weighted by Crippen LogP contribution is -2.37. The Bertz CT molecular complexity index is 204. The molecule has 74 valence electrons. The van der Waals surface area contributed by atoms with Gasteiger partial charge >= 0.3 is 11.9 Å². The summed E-state index contributed by atoms with van der Waals surface area (Å²) in [6, 6.07) is 0. The second-order valence-corrected chi connectivity index (χ2v) is 2.81. The summed E-state index contributed by atoms with van der Waals surface area (Å²) < 4.78 is 9.01. The van der Waals surface area contributed by atoms with Crippen LogP contribution in [0.5, 0.6) is 0 Å². The highest BCUT2D eigenvalue weighted by Gasteiger charge is 2.42. The molecule has 0 unspecified atom stereocenters. The molecule has 0 amide bonds. The van der Waals surface area contributed by atoms with Crippen molar-refractivity contribution in [1.82, 2.24) is 0 Å². The molecule has 0 aliphatic heterocycles. The molecule has 0 aliphatic carbocycles. The second-order valence-electron chi connectivity index (χ2n) is 2.81. The zero-order chi connectivity index (χ0) is 10.5. The first-order valence-electron chi connectivity index (χ1n) is 3.80. The number of rotatable bonds is 4. The summed E-state index contributed by atoms with van der Waals surface area (Å²) in [7, 11) is 2.46. The summed E-state index contributed by atoms with van der Waals surface area (Å²) in [5.74, 6) is -1.22. The molecule has 0 saturated heterocycles. The summed E-state index contributed by atoms with van der Waals surface area (Å²) in [5, 5.41) is 0. The van der Waals surface area contributed by atoms with Crippen LogP contribution in [-0.4, -0.2) is 26.2 Å². The van der Waals surface area contributed by atoms with E-state index in [1.165, 1.54) is 27.2 Å². The van der Waals surface area contributed by atoms with E-state index in [-0.39, 0.29) is 6.42 Å². The Morgan fingerprint density at radius 3 is 1.92 bits per heavy atom. The fraction of sp³-hybridized carbons (Fsp3) is 0.556. The van der Waals surface area contributed by atoms with Gasteiger partial charge in [-0.3, -0.25) is 9.59 Å². The van der Waals surface area contributed by atoms with Gasteiger partial charge in [-0.05, 0) is 13.3 Å². The van der Waals surface area contributed by atoms with Crippen LogP contribution in [0.15, 0.2) is 12.7 Å². The normalized spacial score (nSPS) is 10.4. The SMILES string of the molecule is C=CCC(C)(C(=O)OC)C(=O)OC. The van der Waals surface area contributed by atoms with E-state index in [2.05, 4.69) is 16.1 Å². The smallest absolute Gasteiger partial charge is 0.323 e. The van der Waals surface area contributed by atoms with Gasteiger partial charge in [-0.15, -0.1) is 6.58 Å². The van der Waals surface area contributed by atoms with Crippen molar-refractivity contribution in [3.8, 4) is 0 Å². The molecule has 0 aromatic carbocycles. The maximum Gasteiger partial charge on any atom is 0.323 e. The largest absolute Gasteiger partial charge is 0.468 e. The zero-order valence-electron chi connectivity index (χ0n) is 8.12. The number of methoxy groups -OCH3 is 2. The minimum atomic E-state index is -1.27. The minimum Gasteiger partial charge on any atom is -0.468 e. The minimum absolute atomic E-state index is 0.201. The van der Waals surface area contributed by atoms with E-state index in [0.717, 1.165) is 0 Å². The lowest BCUT2D eigenvalue weighted by molar-refractivity contribution is -0.167. The van der Waals surface area contributed by atoms with Gasteiger partial charge in [-0.25, -0.2) is 0 Å².